The molecule has 18 heavy (non-hydrogen) atoms. The van der Waals surface area contributed by atoms with Gasteiger partial charge in [-0.05, 0) is 62.2 Å². The molecule has 4 aliphatic carbocycles. The Morgan fingerprint density at radius 3 is 2.28 bits per heavy atom. The third-order valence-corrected chi connectivity index (χ3v) is 5.33. The highest BCUT2D eigenvalue weighted by Gasteiger charge is 2.46. The topological polar surface area (TPSA) is 41.5 Å². The molecule has 0 heterocycles. The summed E-state index contributed by atoms with van der Waals surface area (Å²) < 4.78 is 0. The molecule has 0 saturated heterocycles. The van der Waals surface area contributed by atoms with Crippen molar-refractivity contribution in [1.29, 1.82) is 0 Å². The van der Waals surface area contributed by atoms with E-state index in [0.717, 1.165) is 18.3 Å². The average molecular weight is 248 g/mol. The van der Waals surface area contributed by atoms with Crippen LogP contribution in [-0.4, -0.2) is 11.6 Å². The van der Waals surface area contributed by atoms with Gasteiger partial charge in [0.2, 0.25) is 5.91 Å². The number of hydrogen-bond donors (Lipinski definition) is 1. The van der Waals surface area contributed by atoms with Crippen molar-refractivity contribution in [2.45, 2.75) is 52.4 Å². The molecule has 0 unspecified atom stereocenters. The van der Waals surface area contributed by atoms with Crippen molar-refractivity contribution < 1.29 is 4.79 Å². The zero-order valence-electron chi connectivity index (χ0n) is 11.5. The second-order valence-electron chi connectivity index (χ2n) is 6.63. The zero-order chi connectivity index (χ0) is 12.7. The Morgan fingerprint density at radius 2 is 1.78 bits per heavy atom. The molecule has 4 aliphatic rings. The predicted octanol–water partition coefficient (Wildman–Crippen LogP) is 2.96. The van der Waals surface area contributed by atoms with Gasteiger partial charge in [-0.15, -0.1) is 0 Å². The number of rotatable bonds is 3. The predicted molar refractivity (Wildman–Crippen MR) is 72.1 cm³/mol. The Labute approximate surface area is 109 Å². The van der Waals surface area contributed by atoms with Crippen molar-refractivity contribution in [2.24, 2.45) is 34.7 Å². The van der Waals surface area contributed by atoms with Crippen molar-refractivity contribution in [2.75, 3.05) is 0 Å². The molecule has 0 aliphatic heterocycles. The molecule has 4 fully saturated rings. The fourth-order valence-electron chi connectivity index (χ4n) is 4.26. The van der Waals surface area contributed by atoms with Gasteiger partial charge in [-0.1, -0.05) is 13.8 Å². The molecule has 4 bridgehead atoms. The lowest BCUT2D eigenvalue weighted by Gasteiger charge is -2.50. The van der Waals surface area contributed by atoms with Gasteiger partial charge in [-0.25, -0.2) is 5.43 Å². The number of carbonyl (C=O) groups excluding carboxylic acids is 1. The summed E-state index contributed by atoms with van der Waals surface area (Å²) in [5.74, 6) is 3.43. The number of hydrazone groups is 1. The molecule has 4 saturated carbocycles. The van der Waals surface area contributed by atoms with Crippen molar-refractivity contribution in [3.8, 4) is 0 Å². The Hall–Kier alpha value is -0.860. The van der Waals surface area contributed by atoms with Gasteiger partial charge in [0.05, 0.1) is 0 Å². The summed E-state index contributed by atoms with van der Waals surface area (Å²) in [7, 11) is 0. The number of amides is 1. The van der Waals surface area contributed by atoms with Crippen LogP contribution in [0.15, 0.2) is 5.10 Å². The van der Waals surface area contributed by atoms with Crippen LogP contribution in [0.5, 0.6) is 0 Å². The van der Waals surface area contributed by atoms with Gasteiger partial charge in [-0.2, -0.15) is 5.10 Å². The highest BCUT2D eigenvalue weighted by atomic mass is 16.2. The van der Waals surface area contributed by atoms with Crippen LogP contribution >= 0.6 is 0 Å². The molecule has 1 atom stereocenters. The number of nitrogens with one attached hydrogen (secondary N) is 1. The van der Waals surface area contributed by atoms with Crippen LogP contribution in [0, 0.1) is 29.6 Å². The summed E-state index contributed by atoms with van der Waals surface area (Å²) in [6, 6.07) is 0. The van der Waals surface area contributed by atoms with Crippen molar-refractivity contribution in [3.63, 3.8) is 0 Å². The van der Waals surface area contributed by atoms with E-state index in [1.807, 2.05) is 13.8 Å². The lowest BCUT2D eigenvalue weighted by atomic mass is 9.55. The molecule has 1 N–H and O–H groups in total. The lowest BCUT2D eigenvalue weighted by Crippen LogP contribution is -2.46. The number of carbonyl (C=O) groups is 1. The summed E-state index contributed by atoms with van der Waals surface area (Å²) >= 11 is 0. The minimum absolute atomic E-state index is 0.0752. The minimum atomic E-state index is 0.0752. The number of hydrogen-bond acceptors (Lipinski definition) is 2. The van der Waals surface area contributed by atoms with Crippen LogP contribution in [0.3, 0.4) is 0 Å². The molecule has 0 aromatic carbocycles. The summed E-state index contributed by atoms with van der Waals surface area (Å²) in [4.78, 5) is 11.8. The van der Waals surface area contributed by atoms with E-state index < -0.39 is 0 Å². The van der Waals surface area contributed by atoms with E-state index >= 15 is 0 Å². The van der Waals surface area contributed by atoms with Gasteiger partial charge in [0.1, 0.15) is 0 Å². The fourth-order valence-corrected chi connectivity index (χ4v) is 4.26. The van der Waals surface area contributed by atoms with Gasteiger partial charge in [-0.3, -0.25) is 4.79 Å². The molecular formula is C15H24N2O. The molecule has 0 aromatic rings. The number of nitrogens with zero attached hydrogens (tertiary/aromatic N) is 1. The highest BCUT2D eigenvalue weighted by Crippen LogP contribution is 2.52. The molecule has 0 aromatic heterocycles. The monoisotopic (exact) mass is 248 g/mol. The van der Waals surface area contributed by atoms with Crippen molar-refractivity contribution in [3.05, 3.63) is 0 Å². The second kappa shape index (κ2) is 4.67. The first-order chi connectivity index (χ1) is 8.67. The van der Waals surface area contributed by atoms with E-state index in [0.29, 0.717) is 11.8 Å². The van der Waals surface area contributed by atoms with E-state index in [-0.39, 0.29) is 11.8 Å². The van der Waals surface area contributed by atoms with Crippen molar-refractivity contribution in [1.82, 2.24) is 5.43 Å². The smallest absolute Gasteiger partial charge is 0.242 e. The van der Waals surface area contributed by atoms with Crippen molar-refractivity contribution >= 4 is 11.6 Å². The Kier molecular flexibility index (Phi) is 3.16. The van der Waals surface area contributed by atoms with Crippen LogP contribution in [0.25, 0.3) is 0 Å². The maximum atomic E-state index is 11.8. The summed E-state index contributed by atoms with van der Waals surface area (Å²) in [6.45, 7) is 4.01. The lowest BCUT2D eigenvalue weighted by molar-refractivity contribution is -0.124. The zero-order valence-corrected chi connectivity index (χ0v) is 11.5. The van der Waals surface area contributed by atoms with E-state index in [9.17, 15) is 4.79 Å². The average Bonchev–Trinajstić information content (AvgIpc) is 2.35. The molecule has 100 valence electrons. The Morgan fingerprint density at radius 1 is 1.22 bits per heavy atom. The first-order valence-electron chi connectivity index (χ1n) is 7.54. The molecular weight excluding hydrogens is 224 g/mol. The third-order valence-electron chi connectivity index (χ3n) is 5.33. The molecule has 4 rings (SSSR count). The van der Waals surface area contributed by atoms with Crippen LogP contribution in [-0.2, 0) is 4.79 Å². The third kappa shape index (κ3) is 2.08. The van der Waals surface area contributed by atoms with Crippen LogP contribution in [0.2, 0.25) is 0 Å². The molecule has 0 spiro atoms. The van der Waals surface area contributed by atoms with E-state index in [1.165, 1.54) is 37.8 Å². The van der Waals surface area contributed by atoms with Gasteiger partial charge in [0.25, 0.3) is 0 Å². The summed E-state index contributed by atoms with van der Waals surface area (Å²) in [5, 5.41) is 4.51. The van der Waals surface area contributed by atoms with Gasteiger partial charge >= 0.3 is 0 Å². The summed E-state index contributed by atoms with van der Waals surface area (Å²) in [5.41, 5.74) is 4.13. The van der Waals surface area contributed by atoms with Gasteiger partial charge < -0.3 is 0 Å². The molecule has 3 nitrogen and oxygen atoms in total. The standard InChI is InChI=1S/C15H24N2O/c1-3-9(2)15(18)17-16-14-12-5-10-4-11(7-12)8-13(14)6-10/h9-13H,3-8H2,1-2H3,(H,17,18)/t9-,10?,11?,12?,13?/m0/s1. The summed E-state index contributed by atoms with van der Waals surface area (Å²) in [6.07, 6.45) is 7.64. The van der Waals surface area contributed by atoms with Gasteiger partial charge in [0, 0.05) is 11.6 Å². The SMILES string of the molecule is CC[C@H](C)C(=O)NN=C1C2CC3CC(C2)CC1C3. The Balaban J connectivity index is 1.67. The largest absolute Gasteiger partial charge is 0.273 e. The fraction of sp³-hybridized carbons (Fsp3) is 0.867. The van der Waals surface area contributed by atoms with Crippen LogP contribution < -0.4 is 5.43 Å². The van der Waals surface area contributed by atoms with Crippen LogP contribution in [0.1, 0.15) is 52.4 Å². The normalized spacial score (nSPS) is 38.7. The van der Waals surface area contributed by atoms with Crippen LogP contribution in [0.4, 0.5) is 0 Å². The first kappa shape index (κ1) is 12.2. The second-order valence-corrected chi connectivity index (χ2v) is 6.63. The molecule has 3 heteroatoms. The highest BCUT2D eigenvalue weighted by molar-refractivity contribution is 5.92. The van der Waals surface area contributed by atoms with E-state index in [1.54, 1.807) is 0 Å². The quantitative estimate of drug-likeness (QED) is 0.766. The minimum Gasteiger partial charge on any atom is -0.273 e. The Bertz CT molecular complexity index is 345. The van der Waals surface area contributed by atoms with Gasteiger partial charge in [0.15, 0.2) is 0 Å². The maximum absolute atomic E-state index is 11.8. The molecule has 1 amide bonds. The van der Waals surface area contributed by atoms with E-state index in [2.05, 4.69) is 10.5 Å². The van der Waals surface area contributed by atoms with E-state index in [4.69, 9.17) is 0 Å². The first-order valence-corrected chi connectivity index (χ1v) is 7.54. The maximum Gasteiger partial charge on any atom is 0.242 e. The molecule has 0 radical (unpaired) electrons.